The third-order valence-electron chi connectivity index (χ3n) is 8.30. The van der Waals surface area contributed by atoms with Crippen molar-refractivity contribution in [3.63, 3.8) is 0 Å². The van der Waals surface area contributed by atoms with Crippen LogP contribution in [-0.4, -0.2) is 105 Å². The van der Waals surface area contributed by atoms with Gasteiger partial charge in [-0.3, -0.25) is 24.0 Å². The summed E-state index contributed by atoms with van der Waals surface area (Å²) in [6.45, 7) is 37.6. The molecule has 15 heteroatoms. The summed E-state index contributed by atoms with van der Waals surface area (Å²) in [5.74, 6) is -0.192. The number of esters is 4. The van der Waals surface area contributed by atoms with Crippen molar-refractivity contribution < 1.29 is 72.3 Å². The van der Waals surface area contributed by atoms with Crippen LogP contribution in [0.1, 0.15) is 125 Å². The van der Waals surface area contributed by atoms with E-state index in [0.29, 0.717) is 83.6 Å². The number of hydrogen-bond acceptors (Lipinski definition) is 15. The number of Topliss-reactive ketones (excluding diaryl/α,β-unsaturated/α-hetero) is 1. The molecule has 0 rings (SSSR count). The van der Waals surface area contributed by atoms with Gasteiger partial charge < -0.3 is 29.2 Å². The maximum absolute atomic E-state index is 11.2. The second-order valence-corrected chi connectivity index (χ2v) is 17.1. The Hall–Kier alpha value is -7.75. The summed E-state index contributed by atoms with van der Waals surface area (Å²) in [5, 5.41) is 17.3. The molecule has 0 aromatic heterocycles. The molecule has 0 fully saturated rings. The lowest BCUT2D eigenvalue weighted by Crippen LogP contribution is -2.04. The smallest absolute Gasteiger partial charge is 0.333 e. The van der Waals surface area contributed by atoms with Crippen LogP contribution in [0.4, 0.5) is 0 Å². The van der Waals surface area contributed by atoms with E-state index in [1.807, 2.05) is 70.2 Å². The van der Waals surface area contributed by atoms with Gasteiger partial charge in [-0.25, -0.2) is 19.2 Å². The zero-order valence-corrected chi connectivity index (χ0v) is 51.2. The van der Waals surface area contributed by atoms with Crippen LogP contribution in [0.2, 0.25) is 0 Å². The Morgan fingerprint density at radius 2 is 0.662 bits per heavy atom. The van der Waals surface area contributed by atoms with Gasteiger partial charge in [0, 0.05) is 22.3 Å². The van der Waals surface area contributed by atoms with Crippen LogP contribution in [0.3, 0.4) is 0 Å². The van der Waals surface area contributed by atoms with Crippen LogP contribution in [0.15, 0.2) is 178 Å². The van der Waals surface area contributed by atoms with E-state index in [-0.39, 0.29) is 42.9 Å². The molecule has 0 unspecified atom stereocenters. The van der Waals surface area contributed by atoms with Gasteiger partial charge in [-0.05, 0) is 149 Å². The Morgan fingerprint density at radius 1 is 0.388 bits per heavy atom. The summed E-state index contributed by atoms with van der Waals surface area (Å²) in [6.07, 6.45) is 37.3. The van der Waals surface area contributed by atoms with Gasteiger partial charge >= 0.3 is 23.9 Å². The Labute approximate surface area is 479 Å². The highest BCUT2D eigenvalue weighted by molar-refractivity contribution is 5.93. The monoisotopic (exact) mass is 1120 g/mol. The standard InChI is InChI=1S/C13H18O3.C11H18O2.C10H16O2.C10H12O2.C9H12O3.C6H10O2.C6H10O/c1-5-16-13(15)11(3)9-7-6-8-10(2)12(4)14;1-5-13-11(12)10(4)8-6-7-9(2)3;2*1-9(7-11)5-3-4-6-10(2)8-12;1-3-12-9(11)8(2)6-4-5-7-10;1-4-8-6(7)5(2)3;1-6(2)4-3-5-7/h6-9H,5H2,1-4H3;6-9H,5H2,1-4H3;3-6,11-12H,7-8H2,1-2H3;3-8H,1-2H3;4-7H,3H2,1-2H3;2,4H2,1,3H3;3-6H,1-2H3/b7-6+,10-8+,11-9+;7-6+,10-8+;2*4-3+,9-5+,10-6+;5-4+,8-6+;;4-3+. The summed E-state index contributed by atoms with van der Waals surface area (Å²) >= 11 is 0. The summed E-state index contributed by atoms with van der Waals surface area (Å²) in [5.41, 5.74) is 5.93. The summed E-state index contributed by atoms with van der Waals surface area (Å²) < 4.78 is 18.9. The first-order valence-corrected chi connectivity index (χ1v) is 25.9. The molecule has 0 saturated carbocycles. The highest BCUT2D eigenvalue weighted by atomic mass is 16.5. The van der Waals surface area contributed by atoms with E-state index in [4.69, 9.17) is 24.4 Å². The molecule has 0 heterocycles. The van der Waals surface area contributed by atoms with Crippen LogP contribution in [0, 0.1) is 11.8 Å². The highest BCUT2D eigenvalue weighted by Gasteiger charge is 2.03. The zero-order chi connectivity index (χ0) is 63.3. The molecule has 2 N–H and O–H groups in total. The molecular formula is C65H96O15. The molecule has 0 spiro atoms. The molecule has 80 heavy (non-hydrogen) atoms. The second kappa shape index (κ2) is 63.8. The number of hydrogen-bond donors (Lipinski definition) is 2. The fraction of sp³-hybridized carbons (Fsp3) is 0.400. The molecule has 0 atom stereocenters. The minimum absolute atomic E-state index is 0.0377. The highest BCUT2D eigenvalue weighted by Crippen LogP contribution is 2.02. The number of rotatable bonds is 25. The Morgan fingerprint density at radius 3 is 0.912 bits per heavy atom. The molecule has 0 aliphatic heterocycles. The lowest BCUT2D eigenvalue weighted by molar-refractivity contribution is -0.139. The van der Waals surface area contributed by atoms with E-state index in [1.54, 1.807) is 131 Å². The average molecular weight is 1120 g/mol. The third-order valence-corrected chi connectivity index (χ3v) is 8.30. The van der Waals surface area contributed by atoms with Crippen LogP contribution in [-0.2, 0) is 62.1 Å². The number of ketones is 1. The number of allylic oxidation sites excluding steroid dienone is 23. The van der Waals surface area contributed by atoms with Crippen LogP contribution in [0.5, 0.6) is 0 Å². The first-order chi connectivity index (χ1) is 37.6. The fourth-order valence-corrected chi connectivity index (χ4v) is 3.68. The van der Waals surface area contributed by atoms with E-state index in [2.05, 4.69) is 25.2 Å². The molecule has 0 aliphatic rings. The summed E-state index contributed by atoms with van der Waals surface area (Å²) in [7, 11) is 0. The molecule has 0 radical (unpaired) electrons. The van der Waals surface area contributed by atoms with Gasteiger partial charge in [0.05, 0.1) is 39.6 Å². The third kappa shape index (κ3) is 72.3. The molecule has 446 valence electrons. The van der Waals surface area contributed by atoms with Gasteiger partial charge in [-0.15, -0.1) is 0 Å². The predicted octanol–water partition coefficient (Wildman–Crippen LogP) is 12.3. The number of aliphatic hydroxyl groups is 2. The van der Waals surface area contributed by atoms with Crippen LogP contribution in [0.25, 0.3) is 0 Å². The van der Waals surface area contributed by atoms with E-state index in [0.717, 1.165) is 30.0 Å². The Bertz CT molecular complexity index is 2210. The van der Waals surface area contributed by atoms with Crippen molar-refractivity contribution in [3.05, 3.63) is 178 Å². The first kappa shape index (κ1) is 86.1. The largest absolute Gasteiger partial charge is 0.463 e. The molecular weight excluding hydrogens is 1020 g/mol. The Balaban J connectivity index is -0.000000157. The minimum Gasteiger partial charge on any atom is -0.463 e. The SMILES string of the molecule is C=C(C)C(=O)OCC.CC(C)/C=C/C=O.CCOC(=O)/C(C)=C/C=C/C(C)C.CCOC(=O)/C(C)=C/C=C/C=C(\C)C(C)=O.CCOC(=O)/C(C)=C/C=C/C=O.C\C(=C/C=C/C=C(\C)CO)CO.C\C(C=O)=C/C=C/C=C(\C)C=O. The van der Waals surface area contributed by atoms with E-state index < -0.39 is 0 Å². The fourth-order valence-electron chi connectivity index (χ4n) is 3.68. The second-order valence-electron chi connectivity index (χ2n) is 17.1. The van der Waals surface area contributed by atoms with Gasteiger partial charge in [0.25, 0.3) is 0 Å². The number of carbonyl (C=O) groups excluding carboxylic acids is 9. The number of ether oxygens (including phenoxy) is 4. The van der Waals surface area contributed by atoms with Crippen molar-refractivity contribution in [2.24, 2.45) is 11.8 Å². The summed E-state index contributed by atoms with van der Waals surface area (Å²) in [6, 6.07) is 0. The van der Waals surface area contributed by atoms with E-state index in [1.165, 1.54) is 31.2 Å². The lowest BCUT2D eigenvalue weighted by Gasteiger charge is -1.99. The maximum atomic E-state index is 11.2. The number of aldehydes is 4. The van der Waals surface area contributed by atoms with Gasteiger partial charge in [0.15, 0.2) is 5.78 Å². The minimum atomic E-state index is -0.354. The Kier molecular flexibility index (Phi) is 68.7. The van der Waals surface area contributed by atoms with Crippen molar-refractivity contribution in [3.8, 4) is 0 Å². The molecule has 15 nitrogen and oxygen atoms in total. The van der Waals surface area contributed by atoms with Crippen LogP contribution < -0.4 is 0 Å². The maximum Gasteiger partial charge on any atom is 0.333 e. The van der Waals surface area contributed by atoms with Gasteiger partial charge in [0.2, 0.25) is 0 Å². The van der Waals surface area contributed by atoms with Crippen molar-refractivity contribution in [1.82, 2.24) is 0 Å². The van der Waals surface area contributed by atoms with Gasteiger partial charge in [-0.2, -0.15) is 0 Å². The van der Waals surface area contributed by atoms with Crippen molar-refractivity contribution in [2.45, 2.75) is 125 Å². The molecule has 0 saturated heterocycles. The normalized spacial score (nSPS) is 12.3. The topological polar surface area (TPSA) is 231 Å². The van der Waals surface area contributed by atoms with Crippen molar-refractivity contribution >= 4 is 54.8 Å². The zero-order valence-electron chi connectivity index (χ0n) is 51.2. The van der Waals surface area contributed by atoms with Crippen molar-refractivity contribution in [2.75, 3.05) is 39.6 Å². The molecule has 0 aliphatic carbocycles. The van der Waals surface area contributed by atoms with Gasteiger partial charge in [0.1, 0.15) is 25.1 Å². The lowest BCUT2D eigenvalue weighted by atomic mass is 10.2. The average Bonchev–Trinajstić information content (AvgIpc) is 3.42. The first-order valence-electron chi connectivity index (χ1n) is 25.9. The number of carbonyl (C=O) groups is 9. The van der Waals surface area contributed by atoms with E-state index >= 15 is 0 Å². The quantitative estimate of drug-likeness (QED) is 0.0285. The van der Waals surface area contributed by atoms with E-state index in [9.17, 15) is 43.2 Å². The summed E-state index contributed by atoms with van der Waals surface area (Å²) in [4.78, 5) is 94.2. The number of aliphatic hydroxyl groups excluding tert-OH is 2. The molecule has 0 amide bonds. The van der Waals surface area contributed by atoms with Crippen molar-refractivity contribution in [1.29, 1.82) is 0 Å². The molecule has 0 aromatic carbocycles. The molecule has 0 bridgehead atoms. The predicted molar refractivity (Wildman–Crippen MR) is 325 cm³/mol. The van der Waals surface area contributed by atoms with Gasteiger partial charge in [-0.1, -0.05) is 144 Å². The van der Waals surface area contributed by atoms with Crippen LogP contribution >= 0.6 is 0 Å². The molecule has 0 aromatic rings.